The molecule has 38 heavy (non-hydrogen) atoms. The monoisotopic (exact) mass is 502 g/mol. The lowest BCUT2D eigenvalue weighted by molar-refractivity contribution is 0.294. The van der Waals surface area contributed by atoms with E-state index in [-0.39, 0.29) is 6.61 Å². The molecule has 3 heterocycles. The van der Waals surface area contributed by atoms with E-state index >= 15 is 0 Å². The summed E-state index contributed by atoms with van der Waals surface area (Å²) in [5, 5.41) is 18.3. The smallest absolute Gasteiger partial charge is 0.254 e. The standard InChI is InChI=1S/C29H26N8O/c1-21-11-9-10-16-25(21)38-20-26-31-27(24-17-30-36(19-24)18-22-12-5-3-6-13-22)37(34-26)29-33-32-28(35(29)2)23-14-7-4-8-15-23/h3-17,19H,18,20H2,1-2H3. The van der Waals surface area contributed by atoms with Crippen molar-refractivity contribution in [2.75, 3.05) is 0 Å². The third-order valence-electron chi connectivity index (χ3n) is 6.25. The van der Waals surface area contributed by atoms with Gasteiger partial charge >= 0.3 is 0 Å². The average Bonchev–Trinajstić information content (AvgIpc) is 3.68. The van der Waals surface area contributed by atoms with Crippen LogP contribution in [0.5, 0.6) is 5.75 Å². The van der Waals surface area contributed by atoms with E-state index in [0.717, 1.165) is 33.8 Å². The number of hydrogen-bond acceptors (Lipinski definition) is 6. The van der Waals surface area contributed by atoms with Gasteiger partial charge in [-0.05, 0) is 24.1 Å². The zero-order valence-electron chi connectivity index (χ0n) is 21.1. The van der Waals surface area contributed by atoms with Crippen molar-refractivity contribution in [2.24, 2.45) is 7.05 Å². The second-order valence-electron chi connectivity index (χ2n) is 8.98. The van der Waals surface area contributed by atoms with Gasteiger partial charge < -0.3 is 4.74 Å². The fourth-order valence-corrected chi connectivity index (χ4v) is 4.28. The van der Waals surface area contributed by atoms with Crippen LogP contribution in [0.3, 0.4) is 0 Å². The van der Waals surface area contributed by atoms with Crippen LogP contribution in [-0.4, -0.2) is 39.3 Å². The number of para-hydroxylation sites is 1. The Labute approximate surface area is 220 Å². The van der Waals surface area contributed by atoms with Crippen molar-refractivity contribution in [1.29, 1.82) is 0 Å². The van der Waals surface area contributed by atoms with Crippen LogP contribution in [0.15, 0.2) is 97.3 Å². The van der Waals surface area contributed by atoms with Crippen molar-refractivity contribution < 1.29 is 4.74 Å². The fraction of sp³-hybridized carbons (Fsp3) is 0.138. The maximum absolute atomic E-state index is 6.05. The third-order valence-corrected chi connectivity index (χ3v) is 6.25. The van der Waals surface area contributed by atoms with Crippen LogP contribution in [0, 0.1) is 6.92 Å². The lowest BCUT2D eigenvalue weighted by atomic mass is 10.2. The summed E-state index contributed by atoms with van der Waals surface area (Å²) in [4.78, 5) is 4.84. The summed E-state index contributed by atoms with van der Waals surface area (Å²) in [6.45, 7) is 2.88. The molecule has 188 valence electrons. The van der Waals surface area contributed by atoms with E-state index in [1.165, 1.54) is 0 Å². The first-order chi connectivity index (χ1) is 18.7. The predicted molar refractivity (Wildman–Crippen MR) is 144 cm³/mol. The maximum Gasteiger partial charge on any atom is 0.254 e. The second kappa shape index (κ2) is 10.1. The predicted octanol–water partition coefficient (Wildman–Crippen LogP) is 4.86. The van der Waals surface area contributed by atoms with Crippen LogP contribution in [0.25, 0.3) is 28.7 Å². The van der Waals surface area contributed by atoms with Crippen molar-refractivity contribution >= 4 is 0 Å². The van der Waals surface area contributed by atoms with Gasteiger partial charge in [-0.3, -0.25) is 9.25 Å². The first kappa shape index (κ1) is 23.4. The molecule has 0 radical (unpaired) electrons. The summed E-state index contributed by atoms with van der Waals surface area (Å²) in [6.07, 6.45) is 3.76. The minimum atomic E-state index is 0.215. The fourth-order valence-electron chi connectivity index (χ4n) is 4.28. The Kier molecular flexibility index (Phi) is 6.23. The summed E-state index contributed by atoms with van der Waals surface area (Å²) >= 11 is 0. The minimum Gasteiger partial charge on any atom is -0.485 e. The molecule has 3 aromatic carbocycles. The third kappa shape index (κ3) is 4.69. The molecule has 9 heteroatoms. The van der Waals surface area contributed by atoms with Crippen molar-refractivity contribution in [2.45, 2.75) is 20.1 Å². The molecule has 0 unspecified atom stereocenters. The largest absolute Gasteiger partial charge is 0.485 e. The van der Waals surface area contributed by atoms with E-state index in [2.05, 4.69) is 27.4 Å². The molecule has 0 aliphatic carbocycles. The van der Waals surface area contributed by atoms with Crippen molar-refractivity contribution in [1.82, 2.24) is 39.3 Å². The van der Waals surface area contributed by atoms with Crippen LogP contribution in [0.4, 0.5) is 0 Å². The van der Waals surface area contributed by atoms with E-state index in [0.29, 0.717) is 24.1 Å². The molecule has 6 aromatic rings. The number of nitrogens with zero attached hydrogens (tertiary/aromatic N) is 8. The van der Waals surface area contributed by atoms with Crippen LogP contribution in [0.2, 0.25) is 0 Å². The van der Waals surface area contributed by atoms with Gasteiger partial charge in [0, 0.05) is 18.8 Å². The molecule has 3 aromatic heterocycles. The molecule has 0 spiro atoms. The Balaban J connectivity index is 1.37. The number of benzene rings is 3. The SMILES string of the molecule is Cc1ccccc1OCc1nc(-c2cnn(Cc3ccccc3)c2)n(-c2nnc(-c3ccccc3)n2C)n1. The molecule has 0 amide bonds. The molecule has 0 bridgehead atoms. The minimum absolute atomic E-state index is 0.215. The van der Waals surface area contributed by atoms with Gasteiger partial charge in [0.2, 0.25) is 0 Å². The lowest BCUT2D eigenvalue weighted by Crippen LogP contribution is -2.08. The summed E-state index contributed by atoms with van der Waals surface area (Å²) in [5.41, 5.74) is 4.00. The molecule has 0 saturated carbocycles. The molecule has 0 saturated heterocycles. The highest BCUT2D eigenvalue weighted by molar-refractivity contribution is 5.58. The quantitative estimate of drug-likeness (QED) is 0.295. The summed E-state index contributed by atoms with van der Waals surface area (Å²) in [6, 6.07) is 28.0. The van der Waals surface area contributed by atoms with Gasteiger partial charge in [0.15, 0.2) is 17.5 Å². The lowest BCUT2D eigenvalue weighted by Gasteiger charge is -2.06. The molecule has 0 fully saturated rings. The second-order valence-corrected chi connectivity index (χ2v) is 8.98. The summed E-state index contributed by atoms with van der Waals surface area (Å²) < 4.78 is 11.6. The van der Waals surface area contributed by atoms with Gasteiger partial charge in [-0.1, -0.05) is 78.9 Å². The van der Waals surface area contributed by atoms with Crippen molar-refractivity contribution in [3.05, 3.63) is 114 Å². The van der Waals surface area contributed by atoms with E-state index in [9.17, 15) is 0 Å². The Bertz CT molecular complexity index is 1670. The van der Waals surface area contributed by atoms with E-state index in [1.807, 2.05) is 102 Å². The Morgan fingerprint density at radius 3 is 2.32 bits per heavy atom. The zero-order valence-corrected chi connectivity index (χ0v) is 21.1. The number of hydrogen-bond donors (Lipinski definition) is 0. The van der Waals surface area contributed by atoms with E-state index in [1.54, 1.807) is 10.9 Å². The van der Waals surface area contributed by atoms with Gasteiger partial charge in [0.25, 0.3) is 5.95 Å². The zero-order chi connectivity index (χ0) is 25.9. The van der Waals surface area contributed by atoms with Gasteiger partial charge in [0.05, 0.1) is 18.3 Å². The molecule has 6 rings (SSSR count). The average molecular weight is 503 g/mol. The maximum atomic E-state index is 6.05. The highest BCUT2D eigenvalue weighted by Gasteiger charge is 2.21. The van der Waals surface area contributed by atoms with E-state index < -0.39 is 0 Å². The molecular weight excluding hydrogens is 476 g/mol. The Morgan fingerprint density at radius 1 is 0.789 bits per heavy atom. The molecule has 0 N–H and O–H groups in total. The molecular formula is C29H26N8O. The normalized spacial score (nSPS) is 11.1. The molecule has 0 aliphatic rings. The van der Waals surface area contributed by atoms with Gasteiger partial charge in [0.1, 0.15) is 12.4 Å². The first-order valence-electron chi connectivity index (χ1n) is 12.3. The molecule has 9 nitrogen and oxygen atoms in total. The van der Waals surface area contributed by atoms with Gasteiger partial charge in [-0.25, -0.2) is 4.98 Å². The number of aromatic nitrogens is 8. The van der Waals surface area contributed by atoms with Crippen molar-refractivity contribution in [3.63, 3.8) is 0 Å². The van der Waals surface area contributed by atoms with Crippen LogP contribution < -0.4 is 4.74 Å². The van der Waals surface area contributed by atoms with Crippen LogP contribution >= 0.6 is 0 Å². The highest BCUT2D eigenvalue weighted by atomic mass is 16.5. The number of rotatable bonds is 8. The molecule has 0 aliphatic heterocycles. The Morgan fingerprint density at radius 2 is 1.53 bits per heavy atom. The van der Waals surface area contributed by atoms with Crippen LogP contribution in [0.1, 0.15) is 17.0 Å². The van der Waals surface area contributed by atoms with Crippen molar-refractivity contribution in [3.8, 4) is 34.5 Å². The molecule has 0 atom stereocenters. The van der Waals surface area contributed by atoms with Crippen LogP contribution in [-0.2, 0) is 20.2 Å². The van der Waals surface area contributed by atoms with Gasteiger partial charge in [-0.15, -0.1) is 15.3 Å². The van der Waals surface area contributed by atoms with E-state index in [4.69, 9.17) is 14.8 Å². The first-order valence-corrected chi connectivity index (χ1v) is 12.3. The highest BCUT2D eigenvalue weighted by Crippen LogP contribution is 2.24. The number of ether oxygens (including phenoxy) is 1. The number of aryl methyl sites for hydroxylation is 1. The van der Waals surface area contributed by atoms with Gasteiger partial charge in [-0.2, -0.15) is 9.78 Å². The Hall–Kier alpha value is -5.05. The summed E-state index contributed by atoms with van der Waals surface area (Å²) in [5.74, 6) is 3.22. The topological polar surface area (TPSA) is 88.5 Å². The summed E-state index contributed by atoms with van der Waals surface area (Å²) in [7, 11) is 1.92.